The van der Waals surface area contributed by atoms with E-state index in [0.29, 0.717) is 19.5 Å². The number of rotatable bonds is 1. The number of hydrogen-bond acceptors (Lipinski definition) is 3. The van der Waals surface area contributed by atoms with Crippen molar-refractivity contribution in [3.8, 4) is 6.07 Å². The molecule has 1 heterocycles. The lowest BCUT2D eigenvalue weighted by molar-refractivity contribution is 0.0224. The van der Waals surface area contributed by atoms with E-state index >= 15 is 0 Å². The number of amides is 1. The minimum absolute atomic E-state index is 0.270. The monoisotopic (exact) mass is 272 g/mol. The molecule has 0 saturated carbocycles. The number of nitriles is 1. The van der Waals surface area contributed by atoms with Crippen LogP contribution in [0.5, 0.6) is 0 Å². The first-order chi connectivity index (χ1) is 9.39. The van der Waals surface area contributed by atoms with Crippen LogP contribution in [0.2, 0.25) is 0 Å². The van der Waals surface area contributed by atoms with Gasteiger partial charge in [-0.05, 0) is 43.9 Å². The van der Waals surface area contributed by atoms with Crippen LogP contribution < -0.4 is 0 Å². The largest absolute Gasteiger partial charge is 0.444 e. The lowest BCUT2D eigenvalue weighted by Gasteiger charge is -2.31. The summed E-state index contributed by atoms with van der Waals surface area (Å²) in [7, 11) is 0. The molecule has 2 rings (SSSR count). The molecule has 1 aliphatic heterocycles. The third-order valence-electron chi connectivity index (χ3n) is 3.22. The third kappa shape index (κ3) is 3.51. The van der Waals surface area contributed by atoms with E-state index in [9.17, 15) is 4.79 Å². The molecule has 1 aliphatic rings. The Morgan fingerprint density at radius 3 is 2.80 bits per heavy atom. The fourth-order valence-electron chi connectivity index (χ4n) is 2.29. The molecular weight excluding hydrogens is 252 g/mol. The van der Waals surface area contributed by atoms with Crippen molar-refractivity contribution < 1.29 is 9.53 Å². The highest BCUT2D eigenvalue weighted by Gasteiger charge is 2.25. The molecule has 0 radical (unpaired) electrons. The smallest absolute Gasteiger partial charge is 0.410 e. The number of fused-ring (bicyclic) bond motifs is 1. The maximum Gasteiger partial charge on any atom is 0.410 e. The van der Waals surface area contributed by atoms with E-state index in [1.807, 2.05) is 32.9 Å². The number of nitrogens with zero attached hydrogens (tertiary/aromatic N) is 2. The van der Waals surface area contributed by atoms with Crippen molar-refractivity contribution in [2.45, 2.75) is 45.8 Å². The topological polar surface area (TPSA) is 53.3 Å². The molecule has 4 nitrogen and oxygen atoms in total. The fourth-order valence-corrected chi connectivity index (χ4v) is 2.29. The lowest BCUT2D eigenvalue weighted by Crippen LogP contribution is -2.39. The average molecular weight is 272 g/mol. The molecule has 4 heteroatoms. The molecule has 20 heavy (non-hydrogen) atoms. The van der Waals surface area contributed by atoms with Crippen molar-refractivity contribution in [3.63, 3.8) is 0 Å². The molecule has 0 fully saturated rings. The summed E-state index contributed by atoms with van der Waals surface area (Å²) in [5.41, 5.74) is 2.90. The summed E-state index contributed by atoms with van der Waals surface area (Å²) < 4.78 is 5.40. The van der Waals surface area contributed by atoms with Crippen molar-refractivity contribution in [2.24, 2.45) is 0 Å². The Hall–Kier alpha value is -2.02. The van der Waals surface area contributed by atoms with Gasteiger partial charge in [-0.1, -0.05) is 18.2 Å². The lowest BCUT2D eigenvalue weighted by atomic mass is 9.97. The maximum absolute atomic E-state index is 12.1. The Morgan fingerprint density at radius 1 is 1.40 bits per heavy atom. The third-order valence-corrected chi connectivity index (χ3v) is 3.22. The van der Waals surface area contributed by atoms with Crippen LogP contribution in [-0.4, -0.2) is 23.1 Å². The molecule has 0 unspecified atom stereocenters. The van der Waals surface area contributed by atoms with Gasteiger partial charge in [0.2, 0.25) is 0 Å². The number of benzene rings is 1. The summed E-state index contributed by atoms with van der Waals surface area (Å²) in [6.45, 7) is 6.85. The van der Waals surface area contributed by atoms with Gasteiger partial charge in [0.1, 0.15) is 5.60 Å². The first kappa shape index (κ1) is 14.4. The van der Waals surface area contributed by atoms with E-state index in [1.54, 1.807) is 4.90 Å². The summed E-state index contributed by atoms with van der Waals surface area (Å²) in [6, 6.07) is 8.23. The predicted molar refractivity (Wildman–Crippen MR) is 76.1 cm³/mol. The molecule has 106 valence electrons. The van der Waals surface area contributed by atoms with E-state index in [-0.39, 0.29) is 6.09 Å². The van der Waals surface area contributed by atoms with E-state index in [2.05, 4.69) is 12.1 Å². The molecule has 1 aromatic rings. The van der Waals surface area contributed by atoms with Gasteiger partial charge in [-0.2, -0.15) is 5.26 Å². The van der Waals surface area contributed by atoms with Crippen LogP contribution in [-0.2, 0) is 24.1 Å². The second-order valence-electron chi connectivity index (χ2n) is 6.09. The van der Waals surface area contributed by atoms with Gasteiger partial charge >= 0.3 is 6.09 Å². The molecule has 0 spiro atoms. The minimum Gasteiger partial charge on any atom is -0.444 e. The van der Waals surface area contributed by atoms with E-state index in [4.69, 9.17) is 10.00 Å². The summed E-state index contributed by atoms with van der Waals surface area (Å²) in [5, 5.41) is 8.76. The van der Waals surface area contributed by atoms with Crippen molar-refractivity contribution in [1.29, 1.82) is 5.26 Å². The first-order valence-corrected chi connectivity index (χ1v) is 6.84. The van der Waals surface area contributed by atoms with Gasteiger partial charge in [-0.25, -0.2) is 4.79 Å². The Morgan fingerprint density at radius 2 is 2.15 bits per heavy atom. The molecule has 0 aromatic heterocycles. The molecule has 0 atom stereocenters. The van der Waals surface area contributed by atoms with Crippen LogP contribution in [0.3, 0.4) is 0 Å². The molecular formula is C16H20N2O2. The normalized spacial score (nSPS) is 14.4. The van der Waals surface area contributed by atoms with Gasteiger partial charge < -0.3 is 9.64 Å². The zero-order valence-electron chi connectivity index (χ0n) is 12.3. The van der Waals surface area contributed by atoms with E-state index in [0.717, 1.165) is 17.5 Å². The van der Waals surface area contributed by atoms with E-state index in [1.165, 1.54) is 5.56 Å². The Bertz CT molecular complexity index is 553. The molecule has 0 saturated heterocycles. The summed E-state index contributed by atoms with van der Waals surface area (Å²) in [4.78, 5) is 13.8. The predicted octanol–water partition coefficient (Wildman–Crippen LogP) is 3.05. The molecule has 1 amide bonds. The highest BCUT2D eigenvalue weighted by Crippen LogP contribution is 2.22. The number of carbonyl (C=O) groups is 1. The van der Waals surface area contributed by atoms with Crippen molar-refractivity contribution in [2.75, 3.05) is 6.54 Å². The number of ether oxygens (including phenoxy) is 1. The molecule has 0 aliphatic carbocycles. The fraction of sp³-hybridized carbons (Fsp3) is 0.500. The quantitative estimate of drug-likeness (QED) is 0.789. The number of hydrogen-bond donors (Lipinski definition) is 0. The zero-order valence-corrected chi connectivity index (χ0v) is 12.3. The first-order valence-electron chi connectivity index (χ1n) is 6.84. The highest BCUT2D eigenvalue weighted by molar-refractivity contribution is 5.68. The Balaban J connectivity index is 2.11. The van der Waals surface area contributed by atoms with Gasteiger partial charge in [0, 0.05) is 13.1 Å². The standard InChI is InChI=1S/C16H20N2O2/c1-16(2,3)20-15(19)18-9-7-13-5-4-12(6-8-17)10-14(13)11-18/h4-5,10H,6-7,9,11H2,1-3H3. The molecule has 0 N–H and O–H groups in total. The SMILES string of the molecule is CC(C)(C)OC(=O)N1CCc2ccc(CC#N)cc2C1. The summed E-state index contributed by atoms with van der Waals surface area (Å²) in [6.07, 6.45) is 0.968. The minimum atomic E-state index is -0.472. The molecule has 1 aromatic carbocycles. The van der Waals surface area contributed by atoms with Crippen LogP contribution in [0.15, 0.2) is 18.2 Å². The number of carbonyl (C=O) groups excluding carboxylic acids is 1. The second kappa shape index (κ2) is 5.54. The van der Waals surface area contributed by atoms with E-state index < -0.39 is 5.60 Å². The van der Waals surface area contributed by atoms with Crippen LogP contribution in [0.25, 0.3) is 0 Å². The highest BCUT2D eigenvalue weighted by atomic mass is 16.6. The Kier molecular flexibility index (Phi) is 3.99. The van der Waals surface area contributed by atoms with Gasteiger partial charge in [0.05, 0.1) is 12.5 Å². The van der Waals surface area contributed by atoms with Crippen molar-refractivity contribution in [1.82, 2.24) is 4.90 Å². The van der Waals surface area contributed by atoms with Gasteiger partial charge in [-0.3, -0.25) is 0 Å². The molecule has 0 bridgehead atoms. The summed E-state index contributed by atoms with van der Waals surface area (Å²) >= 11 is 0. The second-order valence-corrected chi connectivity index (χ2v) is 6.09. The zero-order chi connectivity index (χ0) is 14.8. The van der Waals surface area contributed by atoms with Crippen LogP contribution >= 0.6 is 0 Å². The van der Waals surface area contributed by atoms with Gasteiger partial charge in [-0.15, -0.1) is 0 Å². The Labute approximate surface area is 120 Å². The van der Waals surface area contributed by atoms with Gasteiger partial charge in [0.15, 0.2) is 0 Å². The average Bonchev–Trinajstić information content (AvgIpc) is 2.36. The maximum atomic E-state index is 12.1. The van der Waals surface area contributed by atoms with Gasteiger partial charge in [0.25, 0.3) is 0 Å². The van der Waals surface area contributed by atoms with Crippen LogP contribution in [0.4, 0.5) is 4.79 Å². The van der Waals surface area contributed by atoms with Crippen LogP contribution in [0.1, 0.15) is 37.5 Å². The van der Waals surface area contributed by atoms with Crippen molar-refractivity contribution in [3.05, 3.63) is 34.9 Å². The van der Waals surface area contributed by atoms with Crippen molar-refractivity contribution >= 4 is 6.09 Å². The summed E-state index contributed by atoms with van der Waals surface area (Å²) in [5.74, 6) is 0. The van der Waals surface area contributed by atoms with Crippen LogP contribution in [0, 0.1) is 11.3 Å².